The van der Waals surface area contributed by atoms with Crippen LogP contribution in [0.3, 0.4) is 0 Å². The molecule has 0 spiro atoms. The van der Waals surface area contributed by atoms with Crippen LogP contribution in [0.5, 0.6) is 0 Å². The van der Waals surface area contributed by atoms with Crippen LogP contribution in [-0.2, 0) is 4.79 Å². The molecule has 0 aliphatic carbocycles. The van der Waals surface area contributed by atoms with Gasteiger partial charge in [-0.05, 0) is 23.6 Å². The summed E-state index contributed by atoms with van der Waals surface area (Å²) in [6, 6.07) is 19.6. The molecule has 2 aromatic carbocycles. The fraction of sp³-hybridized carbons (Fsp3) is 0.188. The second-order valence-electron chi connectivity index (χ2n) is 4.43. The van der Waals surface area contributed by atoms with Crippen LogP contribution in [-0.4, -0.2) is 5.91 Å². The maximum absolute atomic E-state index is 11.9. The first-order chi connectivity index (χ1) is 8.75. The lowest BCUT2D eigenvalue weighted by molar-refractivity contribution is -0.116. The van der Waals surface area contributed by atoms with Gasteiger partial charge in [-0.2, -0.15) is 0 Å². The van der Waals surface area contributed by atoms with E-state index < -0.39 is 0 Å². The molecule has 0 aromatic heterocycles. The van der Waals surface area contributed by atoms with Gasteiger partial charge in [-0.3, -0.25) is 4.79 Å². The summed E-state index contributed by atoms with van der Waals surface area (Å²) < 4.78 is 0. The van der Waals surface area contributed by atoms with Gasteiger partial charge in [0, 0.05) is 12.1 Å². The average molecular weight is 239 g/mol. The Bertz CT molecular complexity index is 493. The van der Waals surface area contributed by atoms with Crippen molar-refractivity contribution in [1.82, 2.24) is 0 Å². The lowest BCUT2D eigenvalue weighted by atomic mass is 9.97. The minimum absolute atomic E-state index is 0.0533. The number of amides is 1. The van der Waals surface area contributed by atoms with E-state index in [4.69, 9.17) is 0 Å². The zero-order valence-electron chi connectivity index (χ0n) is 10.5. The highest BCUT2D eigenvalue weighted by atomic mass is 16.1. The Hall–Kier alpha value is -2.09. The van der Waals surface area contributed by atoms with Gasteiger partial charge in [0.05, 0.1) is 0 Å². The lowest BCUT2D eigenvalue weighted by Gasteiger charge is -2.11. The van der Waals surface area contributed by atoms with E-state index in [1.54, 1.807) is 0 Å². The summed E-state index contributed by atoms with van der Waals surface area (Å²) in [5, 5.41) is 2.90. The Morgan fingerprint density at radius 2 is 1.56 bits per heavy atom. The smallest absolute Gasteiger partial charge is 0.224 e. The topological polar surface area (TPSA) is 29.1 Å². The zero-order valence-corrected chi connectivity index (χ0v) is 10.5. The van der Waals surface area contributed by atoms with E-state index in [0.29, 0.717) is 6.42 Å². The maximum Gasteiger partial charge on any atom is 0.224 e. The number of anilines is 1. The zero-order chi connectivity index (χ0) is 12.8. The van der Waals surface area contributed by atoms with Crippen LogP contribution < -0.4 is 5.32 Å². The lowest BCUT2D eigenvalue weighted by Crippen LogP contribution is -2.14. The van der Waals surface area contributed by atoms with Crippen molar-refractivity contribution in [3.63, 3.8) is 0 Å². The van der Waals surface area contributed by atoms with E-state index in [2.05, 4.69) is 24.4 Å². The summed E-state index contributed by atoms with van der Waals surface area (Å²) in [5.41, 5.74) is 2.04. The van der Waals surface area contributed by atoms with Crippen LogP contribution in [0.2, 0.25) is 0 Å². The Morgan fingerprint density at radius 3 is 2.17 bits per heavy atom. The number of benzene rings is 2. The highest BCUT2D eigenvalue weighted by Gasteiger charge is 2.10. The molecule has 18 heavy (non-hydrogen) atoms. The van der Waals surface area contributed by atoms with Gasteiger partial charge in [0.1, 0.15) is 0 Å². The van der Waals surface area contributed by atoms with Crippen LogP contribution in [0.25, 0.3) is 0 Å². The Kier molecular flexibility index (Phi) is 4.13. The summed E-state index contributed by atoms with van der Waals surface area (Å²) in [4.78, 5) is 11.9. The van der Waals surface area contributed by atoms with E-state index in [1.165, 1.54) is 5.56 Å². The number of nitrogens with one attached hydrogen (secondary N) is 1. The molecule has 1 amide bonds. The number of para-hydroxylation sites is 1. The molecule has 92 valence electrons. The van der Waals surface area contributed by atoms with Crippen LogP contribution >= 0.6 is 0 Å². The third-order valence-electron chi connectivity index (χ3n) is 2.92. The average Bonchev–Trinajstić information content (AvgIpc) is 2.40. The molecule has 2 heteroatoms. The molecule has 0 saturated carbocycles. The van der Waals surface area contributed by atoms with Gasteiger partial charge >= 0.3 is 0 Å². The van der Waals surface area contributed by atoms with E-state index in [9.17, 15) is 4.79 Å². The molecule has 0 bridgehead atoms. The van der Waals surface area contributed by atoms with Crippen LogP contribution in [0.1, 0.15) is 24.8 Å². The first-order valence-corrected chi connectivity index (χ1v) is 6.15. The van der Waals surface area contributed by atoms with Gasteiger partial charge in [0.25, 0.3) is 0 Å². The Morgan fingerprint density at radius 1 is 1.00 bits per heavy atom. The molecule has 0 unspecified atom stereocenters. The van der Waals surface area contributed by atoms with Crippen molar-refractivity contribution in [2.24, 2.45) is 0 Å². The van der Waals surface area contributed by atoms with Gasteiger partial charge in [0.2, 0.25) is 5.91 Å². The monoisotopic (exact) mass is 239 g/mol. The fourth-order valence-electron chi connectivity index (χ4n) is 1.91. The van der Waals surface area contributed by atoms with Gasteiger partial charge in [-0.1, -0.05) is 55.5 Å². The number of hydrogen-bond acceptors (Lipinski definition) is 1. The molecule has 1 atom stereocenters. The molecule has 0 radical (unpaired) electrons. The van der Waals surface area contributed by atoms with Gasteiger partial charge < -0.3 is 5.32 Å². The molecule has 0 fully saturated rings. The van der Waals surface area contributed by atoms with Gasteiger partial charge in [-0.15, -0.1) is 0 Å². The number of rotatable bonds is 4. The number of carbonyl (C=O) groups excluding carboxylic acids is 1. The van der Waals surface area contributed by atoms with Crippen LogP contribution in [0, 0.1) is 0 Å². The molecular weight excluding hydrogens is 222 g/mol. The van der Waals surface area contributed by atoms with Crippen molar-refractivity contribution in [2.45, 2.75) is 19.3 Å². The van der Waals surface area contributed by atoms with E-state index >= 15 is 0 Å². The molecule has 1 N–H and O–H groups in total. The Labute approximate surface area is 108 Å². The second-order valence-corrected chi connectivity index (χ2v) is 4.43. The van der Waals surface area contributed by atoms with Gasteiger partial charge in [0.15, 0.2) is 0 Å². The van der Waals surface area contributed by atoms with E-state index in [1.807, 2.05) is 48.5 Å². The predicted molar refractivity (Wildman–Crippen MR) is 74.5 cm³/mol. The standard InChI is InChI=1S/C16H17NO/c1-13(14-8-4-2-5-9-14)12-16(18)17-15-10-6-3-7-11-15/h2-11,13H,12H2,1H3,(H,17,18)/t13-/m0/s1. The second kappa shape index (κ2) is 6.01. The summed E-state index contributed by atoms with van der Waals surface area (Å²) in [5.74, 6) is 0.285. The molecule has 0 aliphatic heterocycles. The fourth-order valence-corrected chi connectivity index (χ4v) is 1.91. The van der Waals surface area contributed by atoms with E-state index in [0.717, 1.165) is 5.69 Å². The third kappa shape index (κ3) is 3.45. The molecule has 0 aliphatic rings. The molecule has 2 nitrogen and oxygen atoms in total. The summed E-state index contributed by atoms with van der Waals surface area (Å²) in [7, 11) is 0. The van der Waals surface area contributed by atoms with Gasteiger partial charge in [-0.25, -0.2) is 0 Å². The predicted octanol–water partition coefficient (Wildman–Crippen LogP) is 3.82. The summed E-state index contributed by atoms with van der Waals surface area (Å²) in [6.07, 6.45) is 0.499. The SMILES string of the molecule is C[C@@H](CC(=O)Nc1ccccc1)c1ccccc1. The third-order valence-corrected chi connectivity index (χ3v) is 2.92. The molecule has 0 heterocycles. The largest absolute Gasteiger partial charge is 0.326 e. The molecule has 0 saturated heterocycles. The highest BCUT2D eigenvalue weighted by Crippen LogP contribution is 2.19. The van der Waals surface area contributed by atoms with Crippen molar-refractivity contribution in [3.05, 3.63) is 66.2 Å². The van der Waals surface area contributed by atoms with E-state index in [-0.39, 0.29) is 11.8 Å². The van der Waals surface area contributed by atoms with Crippen molar-refractivity contribution in [2.75, 3.05) is 5.32 Å². The molecule has 2 rings (SSSR count). The number of carbonyl (C=O) groups is 1. The van der Waals surface area contributed by atoms with Crippen molar-refractivity contribution >= 4 is 11.6 Å². The first-order valence-electron chi connectivity index (χ1n) is 6.15. The molecular formula is C16H17NO. The maximum atomic E-state index is 11.9. The quantitative estimate of drug-likeness (QED) is 0.863. The highest BCUT2D eigenvalue weighted by molar-refractivity contribution is 5.91. The minimum Gasteiger partial charge on any atom is -0.326 e. The van der Waals surface area contributed by atoms with Crippen LogP contribution in [0.15, 0.2) is 60.7 Å². The summed E-state index contributed by atoms with van der Waals surface area (Å²) in [6.45, 7) is 2.07. The van der Waals surface area contributed by atoms with Crippen molar-refractivity contribution < 1.29 is 4.79 Å². The van der Waals surface area contributed by atoms with Crippen molar-refractivity contribution in [3.8, 4) is 0 Å². The summed E-state index contributed by atoms with van der Waals surface area (Å²) >= 11 is 0. The first kappa shape index (κ1) is 12.4. The normalized spacial score (nSPS) is 11.8. The minimum atomic E-state index is 0.0533. The Balaban J connectivity index is 1.92. The van der Waals surface area contributed by atoms with Crippen LogP contribution in [0.4, 0.5) is 5.69 Å². The van der Waals surface area contributed by atoms with Crippen molar-refractivity contribution in [1.29, 1.82) is 0 Å². The molecule has 2 aromatic rings. The number of hydrogen-bond donors (Lipinski definition) is 1.